The van der Waals surface area contributed by atoms with Crippen LogP contribution in [0.3, 0.4) is 0 Å². The highest BCUT2D eigenvalue weighted by Crippen LogP contribution is 2.24. The number of ether oxygens (including phenoxy) is 1. The molecule has 1 aromatic rings. The summed E-state index contributed by atoms with van der Waals surface area (Å²) in [4.78, 5) is 20.5. The summed E-state index contributed by atoms with van der Waals surface area (Å²) in [6.07, 6.45) is 2.52. The van der Waals surface area contributed by atoms with Gasteiger partial charge >= 0.3 is 0 Å². The first-order valence-corrected chi connectivity index (χ1v) is 10.8. The molecule has 168 valence electrons. The SMILES string of the molecule is CN=C(NCC(c1ccc(Cl)cc1)N1CCOCC1)N1CCCC(CC(N)=O)C1.I. The molecule has 0 spiro atoms. The molecule has 1 amide bonds. The zero-order chi connectivity index (χ0) is 20.6. The molecule has 2 saturated heterocycles. The van der Waals surface area contributed by atoms with Gasteiger partial charge in [0, 0.05) is 51.2 Å². The number of likely N-dealkylation sites (tertiary alicyclic amines) is 1. The summed E-state index contributed by atoms with van der Waals surface area (Å²) in [5.74, 6) is 0.951. The number of nitrogens with zero attached hydrogens (tertiary/aromatic N) is 3. The van der Waals surface area contributed by atoms with Crippen molar-refractivity contribution in [2.24, 2.45) is 16.6 Å². The van der Waals surface area contributed by atoms with Crippen LogP contribution in [0.25, 0.3) is 0 Å². The van der Waals surface area contributed by atoms with Crippen molar-refractivity contribution in [3.63, 3.8) is 0 Å². The van der Waals surface area contributed by atoms with Gasteiger partial charge in [-0.25, -0.2) is 0 Å². The van der Waals surface area contributed by atoms with Gasteiger partial charge in [-0.2, -0.15) is 0 Å². The van der Waals surface area contributed by atoms with E-state index in [9.17, 15) is 4.79 Å². The van der Waals surface area contributed by atoms with Crippen LogP contribution in [0, 0.1) is 5.92 Å². The Morgan fingerprint density at radius 1 is 1.30 bits per heavy atom. The number of nitrogens with two attached hydrogens (primary N) is 1. The molecule has 30 heavy (non-hydrogen) atoms. The van der Waals surface area contributed by atoms with Gasteiger partial charge in [-0.15, -0.1) is 24.0 Å². The molecule has 0 bridgehead atoms. The number of amides is 1. The number of guanidine groups is 1. The molecule has 1 aromatic carbocycles. The molecule has 7 nitrogen and oxygen atoms in total. The number of halogens is 2. The second kappa shape index (κ2) is 12.7. The van der Waals surface area contributed by atoms with Crippen LogP contribution in [0.2, 0.25) is 5.02 Å². The number of benzene rings is 1. The Morgan fingerprint density at radius 2 is 2.00 bits per heavy atom. The van der Waals surface area contributed by atoms with Crippen LogP contribution >= 0.6 is 35.6 Å². The maximum absolute atomic E-state index is 11.3. The van der Waals surface area contributed by atoms with E-state index in [1.54, 1.807) is 0 Å². The van der Waals surface area contributed by atoms with Gasteiger partial charge in [-0.1, -0.05) is 23.7 Å². The van der Waals surface area contributed by atoms with Gasteiger partial charge in [-0.05, 0) is 36.5 Å². The zero-order valence-corrected chi connectivity index (χ0v) is 20.6. The molecular weight excluding hydrogens is 517 g/mol. The Morgan fingerprint density at radius 3 is 2.63 bits per heavy atom. The number of rotatable bonds is 6. The van der Waals surface area contributed by atoms with Crippen LogP contribution in [0.5, 0.6) is 0 Å². The fraction of sp³-hybridized carbons (Fsp3) is 0.619. The molecule has 9 heteroatoms. The van der Waals surface area contributed by atoms with Crippen molar-refractivity contribution in [2.45, 2.75) is 25.3 Å². The molecule has 0 saturated carbocycles. The quantitative estimate of drug-likeness (QED) is 0.324. The summed E-state index contributed by atoms with van der Waals surface area (Å²) in [5, 5.41) is 4.31. The van der Waals surface area contributed by atoms with Crippen LogP contribution in [0.15, 0.2) is 29.3 Å². The molecule has 0 aliphatic carbocycles. The minimum absolute atomic E-state index is 0. The van der Waals surface area contributed by atoms with Crippen molar-refractivity contribution in [1.82, 2.24) is 15.1 Å². The third kappa shape index (κ3) is 7.25. The van der Waals surface area contributed by atoms with Crippen LogP contribution in [-0.2, 0) is 9.53 Å². The van der Waals surface area contributed by atoms with E-state index in [4.69, 9.17) is 22.1 Å². The van der Waals surface area contributed by atoms with Gasteiger partial charge in [0.15, 0.2) is 5.96 Å². The van der Waals surface area contributed by atoms with E-state index in [1.807, 2.05) is 19.2 Å². The molecule has 3 N–H and O–H groups in total. The van der Waals surface area contributed by atoms with Crippen LogP contribution in [-0.4, -0.2) is 74.7 Å². The highest BCUT2D eigenvalue weighted by atomic mass is 127. The average molecular weight is 550 g/mol. The van der Waals surface area contributed by atoms with Crippen LogP contribution < -0.4 is 11.1 Å². The molecule has 3 rings (SSSR count). The number of aliphatic imine (C=N–C) groups is 1. The number of nitrogens with one attached hydrogen (secondary N) is 1. The maximum Gasteiger partial charge on any atom is 0.217 e. The molecule has 2 aliphatic rings. The molecule has 0 radical (unpaired) electrons. The van der Waals surface area contributed by atoms with Crippen molar-refractivity contribution < 1.29 is 9.53 Å². The molecule has 2 atom stereocenters. The minimum Gasteiger partial charge on any atom is -0.379 e. The van der Waals surface area contributed by atoms with Crippen molar-refractivity contribution in [1.29, 1.82) is 0 Å². The largest absolute Gasteiger partial charge is 0.379 e. The lowest BCUT2D eigenvalue weighted by molar-refractivity contribution is -0.119. The van der Waals surface area contributed by atoms with Gasteiger partial charge in [0.25, 0.3) is 0 Å². The van der Waals surface area contributed by atoms with E-state index in [1.165, 1.54) is 5.56 Å². The van der Waals surface area contributed by atoms with E-state index < -0.39 is 0 Å². The Hall–Kier alpha value is -1.10. The standard InChI is InChI=1S/C21H32ClN5O2.HI/c1-24-21(27-8-2-3-16(15-27)13-20(23)28)25-14-19(26-9-11-29-12-10-26)17-4-6-18(22)7-5-17;/h4-7,16,19H,2-3,8-15H2,1H3,(H2,23,28)(H,24,25);1H. The van der Waals surface area contributed by atoms with E-state index in [0.717, 1.165) is 69.8 Å². The Balaban J connectivity index is 0.00000320. The predicted octanol–water partition coefficient (Wildman–Crippen LogP) is 2.49. The van der Waals surface area contributed by atoms with Crippen LogP contribution in [0.1, 0.15) is 30.9 Å². The third-order valence-corrected chi connectivity index (χ3v) is 5.97. The number of morpholine rings is 1. The van der Waals surface area contributed by atoms with Crippen molar-refractivity contribution in [3.8, 4) is 0 Å². The lowest BCUT2D eigenvalue weighted by Crippen LogP contribution is -2.50. The van der Waals surface area contributed by atoms with Gasteiger partial charge < -0.3 is 20.7 Å². The van der Waals surface area contributed by atoms with Gasteiger partial charge in [0.05, 0.1) is 19.3 Å². The van der Waals surface area contributed by atoms with E-state index in [-0.39, 0.29) is 35.9 Å². The third-order valence-electron chi connectivity index (χ3n) is 5.71. The molecular formula is C21H33ClIN5O2. The first kappa shape index (κ1) is 25.2. The number of piperidine rings is 1. The molecule has 2 fully saturated rings. The van der Waals surface area contributed by atoms with Gasteiger partial charge in [0.1, 0.15) is 0 Å². The summed E-state index contributed by atoms with van der Waals surface area (Å²) < 4.78 is 5.54. The second-order valence-corrected chi connectivity index (χ2v) is 8.20. The summed E-state index contributed by atoms with van der Waals surface area (Å²) >= 11 is 6.10. The number of hydrogen-bond donors (Lipinski definition) is 2. The highest BCUT2D eigenvalue weighted by Gasteiger charge is 2.26. The Labute approximate surface area is 201 Å². The predicted molar refractivity (Wildman–Crippen MR) is 131 cm³/mol. The van der Waals surface area contributed by atoms with Crippen molar-refractivity contribution in [2.75, 3.05) is 53.0 Å². The van der Waals surface area contributed by atoms with Gasteiger partial charge in [-0.3, -0.25) is 14.7 Å². The van der Waals surface area contributed by atoms with E-state index >= 15 is 0 Å². The topological polar surface area (TPSA) is 83.2 Å². The maximum atomic E-state index is 11.3. The summed E-state index contributed by atoms with van der Waals surface area (Å²) in [6, 6.07) is 8.28. The van der Waals surface area contributed by atoms with Crippen LogP contribution in [0.4, 0.5) is 0 Å². The second-order valence-electron chi connectivity index (χ2n) is 7.77. The first-order valence-electron chi connectivity index (χ1n) is 10.4. The lowest BCUT2D eigenvalue weighted by atomic mass is 9.95. The van der Waals surface area contributed by atoms with E-state index in [0.29, 0.717) is 12.3 Å². The number of carbonyl (C=O) groups is 1. The van der Waals surface area contributed by atoms with E-state index in [2.05, 4.69) is 32.2 Å². The summed E-state index contributed by atoms with van der Waals surface area (Å²) in [6.45, 7) is 5.80. The lowest BCUT2D eigenvalue weighted by Gasteiger charge is -2.38. The molecule has 0 aromatic heterocycles. The van der Waals surface area contributed by atoms with Crippen molar-refractivity contribution in [3.05, 3.63) is 34.9 Å². The average Bonchev–Trinajstić information content (AvgIpc) is 2.73. The van der Waals surface area contributed by atoms with Gasteiger partial charge in [0.2, 0.25) is 5.91 Å². The number of carbonyl (C=O) groups excluding carboxylic acids is 1. The summed E-state index contributed by atoms with van der Waals surface area (Å²) in [5.41, 5.74) is 6.63. The first-order chi connectivity index (χ1) is 14.1. The molecule has 2 unspecified atom stereocenters. The number of hydrogen-bond acceptors (Lipinski definition) is 4. The Bertz CT molecular complexity index is 697. The molecule has 2 aliphatic heterocycles. The Kier molecular flexibility index (Phi) is 10.6. The fourth-order valence-electron chi connectivity index (χ4n) is 4.26. The molecule has 2 heterocycles. The zero-order valence-electron chi connectivity index (χ0n) is 17.6. The highest BCUT2D eigenvalue weighted by molar-refractivity contribution is 14.0. The smallest absolute Gasteiger partial charge is 0.217 e. The van der Waals surface area contributed by atoms with Crippen molar-refractivity contribution >= 4 is 47.4 Å². The fourth-order valence-corrected chi connectivity index (χ4v) is 4.39. The number of primary amides is 1. The monoisotopic (exact) mass is 549 g/mol. The summed E-state index contributed by atoms with van der Waals surface area (Å²) in [7, 11) is 1.81. The minimum atomic E-state index is -0.227. The normalized spacial score (nSPS) is 21.6.